The Morgan fingerprint density at radius 1 is 1.18 bits per heavy atom. The highest BCUT2D eigenvalue weighted by atomic mass is 16.6. The number of piperidine rings is 1. The van der Waals surface area contributed by atoms with E-state index in [1.165, 1.54) is 5.01 Å². The summed E-state index contributed by atoms with van der Waals surface area (Å²) in [4.78, 5) is 41.6. The van der Waals surface area contributed by atoms with Gasteiger partial charge in [0, 0.05) is 26.6 Å². The SMILES string of the molecule is CN1N=C2CCN(C(=O)C(COc3cccc(C#N)c3)NC(=O)OC(C)(C)C)C[C@@]2(Cc2ccccc2)C1=O. The standard InChI is InChI=1S/C29H33N5O5/c1-28(2,3)39-27(37)31-23(18-38-22-12-8-11-21(15-22)17-30)25(35)34-14-13-24-29(19-34,26(36)33(4)32-24)16-20-9-6-5-7-10-20/h5-12,15,23H,13-14,16,18-19H2,1-4H3,(H,31,37)/t23?,29-/m1/s1. The first-order chi connectivity index (χ1) is 18.5. The molecule has 4 rings (SSSR count). The zero-order valence-corrected chi connectivity index (χ0v) is 22.6. The molecule has 0 saturated carbocycles. The van der Waals surface area contributed by atoms with Gasteiger partial charge in [-0.2, -0.15) is 10.4 Å². The van der Waals surface area contributed by atoms with Gasteiger partial charge in [0.25, 0.3) is 5.91 Å². The van der Waals surface area contributed by atoms with Gasteiger partial charge in [0.05, 0.1) is 17.3 Å². The van der Waals surface area contributed by atoms with E-state index in [0.717, 1.165) is 11.3 Å². The average Bonchev–Trinajstić information content (AvgIpc) is 3.14. The summed E-state index contributed by atoms with van der Waals surface area (Å²) in [5.41, 5.74) is 0.376. The number of ether oxygens (including phenoxy) is 2. The highest BCUT2D eigenvalue weighted by Crippen LogP contribution is 2.38. The number of nitriles is 1. The van der Waals surface area contributed by atoms with Crippen LogP contribution in [0, 0.1) is 16.7 Å². The molecule has 204 valence electrons. The molecule has 10 heteroatoms. The van der Waals surface area contributed by atoms with Crippen molar-refractivity contribution in [2.75, 3.05) is 26.7 Å². The van der Waals surface area contributed by atoms with Crippen LogP contribution in [-0.2, 0) is 20.7 Å². The molecule has 1 saturated heterocycles. The van der Waals surface area contributed by atoms with Crippen LogP contribution in [0.1, 0.15) is 38.3 Å². The van der Waals surface area contributed by atoms with Gasteiger partial charge in [-0.1, -0.05) is 36.4 Å². The zero-order valence-electron chi connectivity index (χ0n) is 22.6. The number of benzene rings is 2. The summed E-state index contributed by atoms with van der Waals surface area (Å²) in [6, 6.07) is 17.1. The van der Waals surface area contributed by atoms with Crippen molar-refractivity contribution in [1.82, 2.24) is 15.2 Å². The molecule has 2 heterocycles. The molecule has 0 radical (unpaired) electrons. The third-order valence-electron chi connectivity index (χ3n) is 6.63. The molecule has 0 spiro atoms. The summed E-state index contributed by atoms with van der Waals surface area (Å²) in [6.07, 6.45) is 0.0743. The van der Waals surface area contributed by atoms with Gasteiger partial charge in [-0.15, -0.1) is 0 Å². The normalized spacial score (nSPS) is 19.5. The third-order valence-corrected chi connectivity index (χ3v) is 6.63. The molecule has 0 aromatic heterocycles. The topological polar surface area (TPSA) is 124 Å². The van der Waals surface area contributed by atoms with Crippen LogP contribution < -0.4 is 10.1 Å². The van der Waals surface area contributed by atoms with Gasteiger partial charge >= 0.3 is 6.09 Å². The number of carbonyl (C=O) groups excluding carboxylic acids is 3. The Morgan fingerprint density at radius 2 is 1.92 bits per heavy atom. The second-order valence-electron chi connectivity index (χ2n) is 10.8. The molecule has 1 N–H and O–H groups in total. The fraction of sp³-hybridized carbons (Fsp3) is 0.414. The van der Waals surface area contributed by atoms with Gasteiger partial charge in [0.2, 0.25) is 5.91 Å². The number of hydrogen-bond donors (Lipinski definition) is 1. The minimum Gasteiger partial charge on any atom is -0.491 e. The second kappa shape index (κ2) is 11.2. The Kier molecular flexibility index (Phi) is 7.90. The summed E-state index contributed by atoms with van der Waals surface area (Å²) in [7, 11) is 1.63. The van der Waals surface area contributed by atoms with E-state index >= 15 is 0 Å². The number of alkyl carbamates (subject to hydrolysis) is 1. The first kappa shape index (κ1) is 27.6. The van der Waals surface area contributed by atoms with Crippen molar-refractivity contribution in [2.45, 2.75) is 45.3 Å². The van der Waals surface area contributed by atoms with Crippen molar-refractivity contribution in [3.8, 4) is 11.8 Å². The number of hydrazone groups is 1. The molecule has 2 aromatic carbocycles. The molecule has 3 amide bonds. The number of nitrogens with one attached hydrogen (secondary N) is 1. The minimum absolute atomic E-state index is 0.124. The molecule has 0 bridgehead atoms. The quantitative estimate of drug-likeness (QED) is 0.585. The Labute approximate surface area is 228 Å². The number of amides is 3. The summed E-state index contributed by atoms with van der Waals surface area (Å²) >= 11 is 0. The summed E-state index contributed by atoms with van der Waals surface area (Å²) < 4.78 is 11.2. The maximum Gasteiger partial charge on any atom is 0.408 e. The molecule has 2 atom stereocenters. The number of likely N-dealkylation sites (tertiary alicyclic amines) is 1. The van der Waals surface area contributed by atoms with E-state index in [-0.39, 0.29) is 19.1 Å². The second-order valence-corrected chi connectivity index (χ2v) is 10.8. The Balaban J connectivity index is 1.57. The molecule has 1 unspecified atom stereocenters. The maximum atomic E-state index is 13.9. The van der Waals surface area contributed by atoms with Gasteiger partial charge in [0.1, 0.15) is 29.4 Å². The molecular formula is C29H33N5O5. The van der Waals surface area contributed by atoms with Crippen LogP contribution >= 0.6 is 0 Å². The molecule has 1 fully saturated rings. The van der Waals surface area contributed by atoms with Crippen molar-refractivity contribution < 1.29 is 23.9 Å². The van der Waals surface area contributed by atoms with Crippen LogP contribution in [0.5, 0.6) is 5.75 Å². The lowest BCUT2D eigenvalue weighted by molar-refractivity contribution is -0.141. The van der Waals surface area contributed by atoms with Gasteiger partial charge in [0.15, 0.2) is 0 Å². The molecule has 0 aliphatic carbocycles. The molecule has 10 nitrogen and oxygen atoms in total. The van der Waals surface area contributed by atoms with Crippen molar-refractivity contribution in [3.63, 3.8) is 0 Å². The number of fused-ring (bicyclic) bond motifs is 1. The van der Waals surface area contributed by atoms with Gasteiger partial charge < -0.3 is 19.7 Å². The van der Waals surface area contributed by atoms with E-state index in [2.05, 4.69) is 10.4 Å². The van der Waals surface area contributed by atoms with Crippen molar-refractivity contribution in [1.29, 1.82) is 5.26 Å². The average molecular weight is 532 g/mol. The Bertz CT molecular complexity index is 1310. The molecule has 2 aromatic rings. The number of rotatable bonds is 7. The molecule has 39 heavy (non-hydrogen) atoms. The number of nitrogens with zero attached hydrogens (tertiary/aromatic N) is 4. The van der Waals surface area contributed by atoms with Crippen LogP contribution in [0.25, 0.3) is 0 Å². The predicted octanol–water partition coefficient (Wildman–Crippen LogP) is 3.12. The highest BCUT2D eigenvalue weighted by Gasteiger charge is 2.54. The van der Waals surface area contributed by atoms with E-state index in [4.69, 9.17) is 9.47 Å². The van der Waals surface area contributed by atoms with E-state index in [1.807, 2.05) is 36.4 Å². The van der Waals surface area contributed by atoms with Crippen LogP contribution in [0.15, 0.2) is 59.7 Å². The van der Waals surface area contributed by atoms with Crippen LogP contribution in [-0.4, -0.2) is 71.9 Å². The molecule has 2 aliphatic rings. The first-order valence-corrected chi connectivity index (χ1v) is 12.8. The summed E-state index contributed by atoms with van der Waals surface area (Å²) in [5.74, 6) is -0.176. The van der Waals surface area contributed by atoms with Crippen molar-refractivity contribution in [3.05, 3.63) is 65.7 Å². The monoisotopic (exact) mass is 531 g/mol. The van der Waals surface area contributed by atoms with Gasteiger partial charge in [-0.25, -0.2) is 9.80 Å². The fourth-order valence-electron chi connectivity index (χ4n) is 4.90. The largest absolute Gasteiger partial charge is 0.491 e. The maximum absolute atomic E-state index is 13.9. The van der Waals surface area contributed by atoms with E-state index in [0.29, 0.717) is 30.7 Å². The Hall–Kier alpha value is -4.39. The lowest BCUT2D eigenvalue weighted by Crippen LogP contribution is -2.60. The van der Waals surface area contributed by atoms with Crippen LogP contribution in [0.2, 0.25) is 0 Å². The zero-order chi connectivity index (χ0) is 28.2. The van der Waals surface area contributed by atoms with Crippen molar-refractivity contribution in [2.24, 2.45) is 10.5 Å². The molecular weight excluding hydrogens is 498 g/mol. The van der Waals surface area contributed by atoms with Crippen LogP contribution in [0.3, 0.4) is 0 Å². The van der Waals surface area contributed by atoms with E-state index in [1.54, 1.807) is 57.0 Å². The van der Waals surface area contributed by atoms with Crippen molar-refractivity contribution >= 4 is 23.6 Å². The minimum atomic E-state index is -1.09. The summed E-state index contributed by atoms with van der Waals surface area (Å²) in [5, 5.41) is 17.7. The van der Waals surface area contributed by atoms with E-state index < -0.39 is 29.1 Å². The number of carbonyl (C=O) groups is 3. The smallest absolute Gasteiger partial charge is 0.408 e. The Morgan fingerprint density at radius 3 is 2.62 bits per heavy atom. The third kappa shape index (κ3) is 6.37. The first-order valence-electron chi connectivity index (χ1n) is 12.8. The van der Waals surface area contributed by atoms with Gasteiger partial charge in [-0.05, 0) is 51.0 Å². The fourth-order valence-corrected chi connectivity index (χ4v) is 4.90. The summed E-state index contributed by atoms with van der Waals surface area (Å²) in [6.45, 7) is 5.46. The van der Waals surface area contributed by atoms with Gasteiger partial charge in [-0.3, -0.25) is 9.59 Å². The predicted molar refractivity (Wildman–Crippen MR) is 144 cm³/mol. The number of hydrogen-bond acceptors (Lipinski definition) is 7. The molecule has 2 aliphatic heterocycles. The lowest BCUT2D eigenvalue weighted by atomic mass is 9.73. The van der Waals surface area contributed by atoms with E-state index in [9.17, 15) is 19.6 Å². The van der Waals surface area contributed by atoms with Crippen LogP contribution in [0.4, 0.5) is 4.79 Å². The highest BCUT2D eigenvalue weighted by molar-refractivity contribution is 6.13. The lowest BCUT2D eigenvalue weighted by Gasteiger charge is -2.40.